The van der Waals surface area contributed by atoms with Crippen LogP contribution in [0.15, 0.2) is 239 Å². The Bertz CT molecular complexity index is 4890. The number of aryl methyl sites for hydroxylation is 8. The molecule has 0 unspecified atom stereocenters. The number of carbonyl (C=O) groups excluding carboxylic acids is 4. The third-order valence-corrected chi connectivity index (χ3v) is 21.2. The van der Waals surface area contributed by atoms with Gasteiger partial charge in [0.2, 0.25) is 5.91 Å². The lowest BCUT2D eigenvalue weighted by Gasteiger charge is -2.32. The monoisotopic (exact) mass is 1900 g/mol. The number of urea groups is 2. The minimum Gasteiger partial charge on any atom is -0.399 e. The number of benzene rings is 9. The number of halogens is 5. The highest BCUT2D eigenvalue weighted by Crippen LogP contribution is 2.38. The molecule has 595 valence electrons. The summed E-state index contributed by atoms with van der Waals surface area (Å²) in [5.41, 5.74) is 39.5. The van der Waals surface area contributed by atoms with Crippen LogP contribution in [0.4, 0.5) is 26.7 Å². The first-order valence-corrected chi connectivity index (χ1v) is 41.5. The van der Waals surface area contributed by atoms with E-state index in [1.165, 1.54) is 35.1 Å². The molecular weight excluding hydrogens is 1810 g/mol. The second-order valence-electron chi connectivity index (χ2n) is 27.8. The van der Waals surface area contributed by atoms with Crippen molar-refractivity contribution in [2.24, 2.45) is 17.2 Å². The molecule has 0 aliphatic carbocycles. The fraction of sp³-hybridized carbons (Fsp3) is 0.273. The predicted octanol–water partition coefficient (Wildman–Crippen LogP) is 19.1. The number of rotatable bonds is 15. The van der Waals surface area contributed by atoms with Crippen molar-refractivity contribution in [3.05, 3.63) is 314 Å². The van der Waals surface area contributed by atoms with E-state index in [4.69, 9.17) is 47.4 Å². The quantitative estimate of drug-likeness (QED) is 0.0241. The van der Waals surface area contributed by atoms with Crippen LogP contribution in [0.3, 0.4) is 0 Å². The van der Waals surface area contributed by atoms with Gasteiger partial charge in [-0.2, -0.15) is 0 Å². The summed E-state index contributed by atoms with van der Waals surface area (Å²) in [6.07, 6.45) is 6.36. The molecule has 3 radical (unpaired) electrons. The molecule has 6 amide bonds. The van der Waals surface area contributed by atoms with Crippen molar-refractivity contribution in [1.82, 2.24) is 20.9 Å². The normalized spacial score (nSPS) is 13.8. The van der Waals surface area contributed by atoms with Crippen molar-refractivity contribution in [1.29, 1.82) is 0 Å². The number of fused-ring (bicyclic) bond motifs is 2. The van der Waals surface area contributed by atoms with E-state index in [-0.39, 0.29) is 44.7 Å². The number of nitrogen functional groups attached to an aromatic ring is 1. The average Bonchev–Trinajstić information content (AvgIpc) is 1.62. The zero-order chi connectivity index (χ0) is 82.5. The van der Waals surface area contributed by atoms with Gasteiger partial charge in [0.1, 0.15) is 11.5 Å². The SMILES string of the molecule is C1CCOC1.Cc1noc(C)c1-c1ccc2c(c1)N(Cc1ccccc1)C(=O)NC2.Cc1noc(C)c1B1OC(C)(C)C(C)(C)O1.NC(=O)c1ccc(Br)cc1CCc1ccccc1.NC(=O)c1ccc(Br)cc1N.NCc1ccc(Br)cc1CCc1ccccc1.O=C1NCc2ccc(Br)cc2N1Cc1ccccc1.[2H]CI.[B]. The van der Waals surface area contributed by atoms with Crippen LogP contribution >= 0.6 is 86.3 Å². The molecular formula is C88H98B2Br4IN10O9. The molecule has 15 rings (SSSR count). The van der Waals surface area contributed by atoms with E-state index in [1.807, 2.05) is 199 Å². The summed E-state index contributed by atoms with van der Waals surface area (Å²) in [5, 5.41) is 13.8. The maximum Gasteiger partial charge on any atom is 0.500 e. The van der Waals surface area contributed by atoms with Crippen LogP contribution in [0.25, 0.3) is 11.1 Å². The van der Waals surface area contributed by atoms with Crippen molar-refractivity contribution in [2.45, 2.75) is 138 Å². The molecule has 0 saturated carbocycles. The molecule has 26 heteroatoms. The smallest absolute Gasteiger partial charge is 0.399 e. The van der Waals surface area contributed by atoms with Crippen LogP contribution in [-0.4, -0.2) is 79.0 Å². The molecule has 10 N–H and O–H groups in total. The number of carbonyl (C=O) groups is 4. The molecule has 0 atom stereocenters. The van der Waals surface area contributed by atoms with Gasteiger partial charge in [0.15, 0.2) is 0 Å². The molecule has 6 heterocycles. The van der Waals surface area contributed by atoms with E-state index in [9.17, 15) is 19.2 Å². The van der Waals surface area contributed by atoms with Crippen molar-refractivity contribution in [2.75, 3.05) is 33.7 Å². The Hall–Kier alpha value is -8.70. The number of nitrogens with zero attached hydrogens (tertiary/aromatic N) is 4. The van der Waals surface area contributed by atoms with Gasteiger partial charge < -0.3 is 56.7 Å². The van der Waals surface area contributed by atoms with Gasteiger partial charge in [-0.15, -0.1) is 0 Å². The number of aromatic nitrogens is 2. The van der Waals surface area contributed by atoms with E-state index < -0.39 is 5.91 Å². The number of nitrogens with one attached hydrogen (secondary N) is 2. The molecule has 114 heavy (non-hydrogen) atoms. The molecule has 4 aliphatic rings. The van der Waals surface area contributed by atoms with Crippen LogP contribution < -0.4 is 48.8 Å². The van der Waals surface area contributed by atoms with E-state index in [2.05, 4.69) is 151 Å². The summed E-state index contributed by atoms with van der Waals surface area (Å²) >= 11 is 15.6. The zero-order valence-corrected chi connectivity index (χ0v) is 73.9. The van der Waals surface area contributed by atoms with E-state index in [1.54, 1.807) is 34.1 Å². The van der Waals surface area contributed by atoms with Gasteiger partial charge >= 0.3 is 19.2 Å². The van der Waals surface area contributed by atoms with Gasteiger partial charge in [-0.3, -0.25) is 19.4 Å². The maximum absolute atomic E-state index is 12.5. The lowest BCUT2D eigenvalue weighted by Crippen LogP contribution is -2.43. The molecule has 11 aromatic rings. The predicted molar refractivity (Wildman–Crippen MR) is 482 cm³/mol. The van der Waals surface area contributed by atoms with Crippen LogP contribution in [0.2, 0.25) is 0 Å². The van der Waals surface area contributed by atoms with E-state index in [0.717, 1.165) is 135 Å². The minimum atomic E-state index is -0.505. The minimum absolute atomic E-state index is 0. The second kappa shape index (κ2) is 45.6. The highest BCUT2D eigenvalue weighted by atomic mass is 127. The van der Waals surface area contributed by atoms with Gasteiger partial charge in [0.05, 0.1) is 52.6 Å². The molecule has 0 bridgehead atoms. The maximum atomic E-state index is 12.5. The van der Waals surface area contributed by atoms with Crippen LogP contribution in [0.5, 0.6) is 0 Å². The van der Waals surface area contributed by atoms with Crippen molar-refractivity contribution >= 4 is 148 Å². The number of alkyl halides is 1. The number of primary amides is 2. The first-order chi connectivity index (χ1) is 54.6. The molecule has 4 aliphatic heterocycles. The standard InChI is InChI=1S/C20H19N3O2.C15H13BrN2O.C15H14BrNO.C15H16BrN.C11H18BNO3.C7H7BrN2O.C4H8O.CH3I.B/c1-13-19(14(2)25-22-13)16-8-9-17-11-21-20(24)23(18(17)10-16)12-15-6-4-3-5-7-15;16-13-7-6-12-9-17-15(19)18(14(12)8-13)10-11-4-2-1-3-5-11;16-13-8-9-14(15(17)18)12(10-13)7-6-11-4-2-1-3-5-11;16-15-9-8-14(11-17)13(10-15)7-6-12-4-2-1-3-5-12;1-7-9(8(2)14-13-7)12-15-10(3,4)11(5,6)16-12;8-4-1-2-5(7(10)11)6(9)3-4;1-2-4-5-3-1;1-2;/h3-10H,11-12H2,1-2H3,(H,21,24);1-8H,9-10H2,(H,17,19);1-5,8-10H,6-7H2,(H2,17,18);1-5,8-10H,6-7,11,17H2;1-6H3;1-3H,9H2,(H2,10,11);1-4H2;1H3;/i;;;;;;;1D;. The Kier molecular flexibility index (Phi) is 36.3. The van der Waals surface area contributed by atoms with Crippen molar-refractivity contribution in [3.8, 4) is 11.1 Å². The third-order valence-electron chi connectivity index (χ3n) is 19.2. The number of ether oxygens (including phenoxy) is 1. The Morgan fingerprint density at radius 1 is 0.526 bits per heavy atom. The number of hydrogen-bond donors (Lipinski definition) is 6. The van der Waals surface area contributed by atoms with Gasteiger partial charge in [-0.25, -0.2) is 9.59 Å². The largest absolute Gasteiger partial charge is 0.500 e. The highest BCUT2D eigenvalue weighted by molar-refractivity contribution is 14.1. The topological polar surface area (TPSA) is 283 Å². The summed E-state index contributed by atoms with van der Waals surface area (Å²) in [6.45, 7) is 20.6. The van der Waals surface area contributed by atoms with Gasteiger partial charge in [0.25, 0.3) is 5.91 Å². The fourth-order valence-corrected chi connectivity index (χ4v) is 14.0. The zero-order valence-electron chi connectivity index (χ0n) is 66.4. The van der Waals surface area contributed by atoms with Crippen molar-refractivity contribution in [3.63, 3.8) is 0 Å². The first kappa shape index (κ1) is 90.8. The molecule has 2 fully saturated rings. The number of anilines is 3. The summed E-state index contributed by atoms with van der Waals surface area (Å²) < 4.78 is 37.4. The third kappa shape index (κ3) is 26.9. The lowest BCUT2D eigenvalue weighted by atomic mass is 9.77. The van der Waals surface area contributed by atoms with Gasteiger partial charge in [0, 0.05) is 82.8 Å². The van der Waals surface area contributed by atoms with Crippen LogP contribution in [-0.2, 0) is 72.5 Å². The molecule has 2 saturated heterocycles. The summed E-state index contributed by atoms with van der Waals surface area (Å²) in [6, 6.07) is 69.7. The number of nitrogens with two attached hydrogens (primary N) is 4. The molecule has 19 nitrogen and oxygen atoms in total. The summed E-state index contributed by atoms with van der Waals surface area (Å²) in [4.78, 5) is 50.6. The average molecular weight is 1910 g/mol. The summed E-state index contributed by atoms with van der Waals surface area (Å²) in [5.74, 6) is 0.670. The molecule has 9 aromatic carbocycles. The fourth-order valence-electron chi connectivity index (χ4n) is 12.5. The Balaban J connectivity index is 0.000000189. The Morgan fingerprint density at radius 3 is 1.38 bits per heavy atom. The highest BCUT2D eigenvalue weighted by Gasteiger charge is 2.53. The van der Waals surface area contributed by atoms with Gasteiger partial charge in [-0.1, -0.05) is 242 Å². The number of hydrogen-bond acceptors (Lipinski definition) is 13. The first-order valence-electron chi connectivity index (χ1n) is 37.5. The summed E-state index contributed by atoms with van der Waals surface area (Å²) in [7, 11) is -0.378. The molecule has 2 aromatic heterocycles. The van der Waals surface area contributed by atoms with Crippen LogP contribution in [0, 0.1) is 27.7 Å². The second-order valence-corrected chi connectivity index (χ2v) is 31.4. The van der Waals surface area contributed by atoms with E-state index >= 15 is 0 Å². The van der Waals surface area contributed by atoms with Crippen molar-refractivity contribution < 1.29 is 43.6 Å². The molecule has 0 spiro atoms. The van der Waals surface area contributed by atoms with E-state index in [0.29, 0.717) is 54.4 Å². The Labute approximate surface area is 720 Å². The number of amides is 6. The Morgan fingerprint density at radius 2 is 0.939 bits per heavy atom. The van der Waals surface area contributed by atoms with Crippen LogP contribution in [0.1, 0.15) is 136 Å². The van der Waals surface area contributed by atoms with Gasteiger partial charge in [-0.05, 0) is 221 Å². The lowest BCUT2D eigenvalue weighted by molar-refractivity contribution is 0.00578.